The predicted molar refractivity (Wildman–Crippen MR) is 104 cm³/mol. The van der Waals surface area contributed by atoms with Gasteiger partial charge in [-0.2, -0.15) is 0 Å². The lowest BCUT2D eigenvalue weighted by Crippen LogP contribution is -2.38. The molecule has 2 N–H and O–H groups in total. The Morgan fingerprint density at radius 3 is 2.50 bits per heavy atom. The molecule has 0 saturated carbocycles. The molecule has 0 spiro atoms. The highest BCUT2D eigenvalue weighted by Crippen LogP contribution is 2.17. The molecule has 0 amide bonds. The minimum Gasteiger partial charge on any atom is -0.357 e. The number of hydrogen-bond acceptors (Lipinski definition) is 3. The van der Waals surface area contributed by atoms with Gasteiger partial charge in [-0.25, -0.2) is 9.98 Å². The van der Waals surface area contributed by atoms with Gasteiger partial charge in [0.1, 0.15) is 0 Å². The average Bonchev–Trinajstić information content (AvgIpc) is 2.94. The summed E-state index contributed by atoms with van der Waals surface area (Å²) < 4.78 is 0. The Hall–Kier alpha value is -1.88. The van der Waals surface area contributed by atoms with Gasteiger partial charge < -0.3 is 10.6 Å². The molecule has 5 heteroatoms. The molecule has 4 nitrogen and oxygen atoms in total. The summed E-state index contributed by atoms with van der Waals surface area (Å²) in [4.78, 5) is 10.7. The van der Waals surface area contributed by atoms with E-state index in [1.807, 2.05) is 0 Å². The number of benzene rings is 1. The third kappa shape index (κ3) is 5.64. The van der Waals surface area contributed by atoms with E-state index in [4.69, 9.17) is 4.98 Å². The number of aliphatic imine (C=N–C) groups is 1. The maximum atomic E-state index is 4.69. The third-order valence-corrected chi connectivity index (χ3v) is 4.86. The second kappa shape index (κ2) is 9.42. The van der Waals surface area contributed by atoms with Crippen molar-refractivity contribution in [3.63, 3.8) is 0 Å². The summed E-state index contributed by atoms with van der Waals surface area (Å²) in [6.45, 7) is 10.9. The Morgan fingerprint density at radius 1 is 1.12 bits per heavy atom. The van der Waals surface area contributed by atoms with Crippen molar-refractivity contribution >= 4 is 17.3 Å². The molecule has 1 aromatic carbocycles. The van der Waals surface area contributed by atoms with Gasteiger partial charge in [-0.15, -0.1) is 11.3 Å². The topological polar surface area (TPSA) is 49.3 Å². The summed E-state index contributed by atoms with van der Waals surface area (Å²) in [5, 5.41) is 7.90. The van der Waals surface area contributed by atoms with E-state index in [9.17, 15) is 0 Å². The maximum absolute atomic E-state index is 4.69. The SMILES string of the molecule is CCNC(=NCc1ccc(C)cc1)NCCc1nc(CC)c(C)s1. The molecule has 0 aliphatic carbocycles. The lowest BCUT2D eigenvalue weighted by atomic mass is 10.1. The lowest BCUT2D eigenvalue weighted by molar-refractivity contribution is 0.794. The molecule has 0 saturated heterocycles. The van der Waals surface area contributed by atoms with Crippen molar-refractivity contribution in [3.8, 4) is 0 Å². The standard InChI is InChI=1S/C19H28N4S/c1-5-17-15(4)24-18(23-17)11-12-21-19(20-6-2)22-13-16-9-7-14(3)8-10-16/h7-10H,5-6,11-13H2,1-4H3,(H2,20,21,22). The van der Waals surface area contributed by atoms with E-state index in [2.05, 4.69) is 67.6 Å². The Bertz CT molecular complexity index is 659. The van der Waals surface area contributed by atoms with E-state index < -0.39 is 0 Å². The van der Waals surface area contributed by atoms with E-state index in [0.29, 0.717) is 6.54 Å². The minimum atomic E-state index is 0.686. The number of aromatic nitrogens is 1. The van der Waals surface area contributed by atoms with Gasteiger partial charge in [0.05, 0.1) is 17.2 Å². The van der Waals surface area contributed by atoms with Crippen LogP contribution in [-0.4, -0.2) is 24.0 Å². The first-order chi connectivity index (χ1) is 11.6. The van der Waals surface area contributed by atoms with E-state index >= 15 is 0 Å². The largest absolute Gasteiger partial charge is 0.357 e. The van der Waals surface area contributed by atoms with E-state index in [1.165, 1.54) is 26.7 Å². The normalized spacial score (nSPS) is 11.6. The van der Waals surface area contributed by atoms with Crippen LogP contribution in [0.5, 0.6) is 0 Å². The first kappa shape index (κ1) is 18.5. The average molecular weight is 345 g/mol. The highest BCUT2D eigenvalue weighted by molar-refractivity contribution is 7.11. The Morgan fingerprint density at radius 2 is 1.88 bits per heavy atom. The molecule has 0 aliphatic rings. The van der Waals surface area contributed by atoms with Crippen molar-refractivity contribution in [2.24, 2.45) is 4.99 Å². The number of nitrogens with zero attached hydrogens (tertiary/aromatic N) is 2. The first-order valence-corrected chi connectivity index (χ1v) is 9.47. The molecule has 2 rings (SSSR count). The number of hydrogen-bond donors (Lipinski definition) is 2. The molecule has 24 heavy (non-hydrogen) atoms. The van der Waals surface area contributed by atoms with E-state index in [0.717, 1.165) is 31.9 Å². The van der Waals surface area contributed by atoms with Crippen LogP contribution in [-0.2, 0) is 19.4 Å². The monoisotopic (exact) mass is 344 g/mol. The van der Waals surface area contributed by atoms with Crippen LogP contribution in [0.15, 0.2) is 29.3 Å². The van der Waals surface area contributed by atoms with Crippen LogP contribution in [0.3, 0.4) is 0 Å². The molecular formula is C19H28N4S. The molecule has 0 bridgehead atoms. The summed E-state index contributed by atoms with van der Waals surface area (Å²) >= 11 is 1.80. The molecule has 0 radical (unpaired) electrons. The fourth-order valence-corrected chi connectivity index (χ4v) is 3.44. The Balaban J connectivity index is 1.87. The van der Waals surface area contributed by atoms with Gasteiger partial charge in [0, 0.05) is 24.4 Å². The van der Waals surface area contributed by atoms with Crippen molar-refractivity contribution in [1.29, 1.82) is 0 Å². The zero-order valence-electron chi connectivity index (χ0n) is 15.1. The Labute approximate surface area is 149 Å². The van der Waals surface area contributed by atoms with Crippen LogP contribution in [0.1, 0.15) is 40.6 Å². The van der Waals surface area contributed by atoms with Gasteiger partial charge >= 0.3 is 0 Å². The van der Waals surface area contributed by atoms with E-state index in [1.54, 1.807) is 11.3 Å². The molecule has 0 atom stereocenters. The number of guanidine groups is 1. The molecule has 0 unspecified atom stereocenters. The number of thiazole rings is 1. The van der Waals surface area contributed by atoms with Gasteiger partial charge in [-0.3, -0.25) is 0 Å². The molecule has 2 aromatic rings. The molecule has 130 valence electrons. The number of aryl methyl sites for hydroxylation is 3. The zero-order valence-corrected chi connectivity index (χ0v) is 16.0. The summed E-state index contributed by atoms with van der Waals surface area (Å²) in [5.41, 5.74) is 3.73. The molecule has 1 heterocycles. The van der Waals surface area contributed by atoms with Crippen molar-refractivity contribution in [2.75, 3.05) is 13.1 Å². The second-order valence-electron chi connectivity index (χ2n) is 5.82. The molecule has 0 aliphatic heterocycles. The van der Waals surface area contributed by atoms with Crippen molar-refractivity contribution < 1.29 is 0 Å². The van der Waals surface area contributed by atoms with Crippen molar-refractivity contribution in [3.05, 3.63) is 51.0 Å². The third-order valence-electron chi connectivity index (χ3n) is 3.79. The quantitative estimate of drug-likeness (QED) is 0.596. The van der Waals surface area contributed by atoms with Gasteiger partial charge in [0.25, 0.3) is 0 Å². The van der Waals surface area contributed by atoms with Crippen LogP contribution < -0.4 is 10.6 Å². The van der Waals surface area contributed by atoms with E-state index in [-0.39, 0.29) is 0 Å². The fraction of sp³-hybridized carbons (Fsp3) is 0.474. The van der Waals surface area contributed by atoms with Crippen LogP contribution >= 0.6 is 11.3 Å². The number of rotatable bonds is 7. The molecular weight excluding hydrogens is 316 g/mol. The highest BCUT2D eigenvalue weighted by Gasteiger charge is 2.06. The maximum Gasteiger partial charge on any atom is 0.191 e. The molecule has 1 aromatic heterocycles. The Kier molecular flexibility index (Phi) is 7.25. The summed E-state index contributed by atoms with van der Waals surface area (Å²) in [7, 11) is 0. The second-order valence-corrected chi connectivity index (χ2v) is 7.11. The van der Waals surface area contributed by atoms with Gasteiger partial charge in [-0.1, -0.05) is 36.8 Å². The van der Waals surface area contributed by atoms with Crippen molar-refractivity contribution in [2.45, 2.75) is 47.1 Å². The zero-order chi connectivity index (χ0) is 17.4. The van der Waals surface area contributed by atoms with Crippen LogP contribution in [0.2, 0.25) is 0 Å². The van der Waals surface area contributed by atoms with Gasteiger partial charge in [0.15, 0.2) is 5.96 Å². The van der Waals surface area contributed by atoms with Crippen LogP contribution in [0.4, 0.5) is 0 Å². The van der Waals surface area contributed by atoms with Crippen molar-refractivity contribution in [1.82, 2.24) is 15.6 Å². The highest BCUT2D eigenvalue weighted by atomic mass is 32.1. The smallest absolute Gasteiger partial charge is 0.191 e. The lowest BCUT2D eigenvalue weighted by Gasteiger charge is -2.10. The predicted octanol–water partition coefficient (Wildman–Crippen LogP) is 3.62. The number of nitrogens with one attached hydrogen (secondary N) is 2. The summed E-state index contributed by atoms with van der Waals surface area (Å²) in [6.07, 6.45) is 1.94. The summed E-state index contributed by atoms with van der Waals surface area (Å²) in [6, 6.07) is 8.52. The van der Waals surface area contributed by atoms with Gasteiger partial charge in [-0.05, 0) is 32.8 Å². The molecule has 0 fully saturated rings. The first-order valence-electron chi connectivity index (χ1n) is 8.65. The van der Waals surface area contributed by atoms with Crippen LogP contribution in [0, 0.1) is 13.8 Å². The van der Waals surface area contributed by atoms with Gasteiger partial charge in [0.2, 0.25) is 0 Å². The minimum absolute atomic E-state index is 0.686. The van der Waals surface area contributed by atoms with Crippen LogP contribution in [0.25, 0.3) is 0 Å². The fourth-order valence-electron chi connectivity index (χ4n) is 2.42. The summed E-state index contributed by atoms with van der Waals surface area (Å²) in [5.74, 6) is 0.863.